The molecule has 0 aliphatic carbocycles. The Bertz CT molecular complexity index is 969. The number of amides is 1. The van der Waals surface area contributed by atoms with Crippen LogP contribution in [0.25, 0.3) is 11.3 Å². The second-order valence-corrected chi connectivity index (χ2v) is 5.43. The lowest BCUT2D eigenvalue weighted by molar-refractivity contribution is 0.102. The zero-order valence-electron chi connectivity index (χ0n) is 13.1. The summed E-state index contributed by atoms with van der Waals surface area (Å²) in [6.45, 7) is 1.89. The predicted molar refractivity (Wildman–Crippen MR) is 82.9 cm³/mol. The van der Waals surface area contributed by atoms with Crippen LogP contribution in [0.4, 0.5) is 27.6 Å². The summed E-state index contributed by atoms with van der Waals surface area (Å²) in [4.78, 5) is 12.1. The first-order chi connectivity index (χ1) is 12.3. The van der Waals surface area contributed by atoms with Crippen molar-refractivity contribution in [1.82, 2.24) is 10.2 Å². The van der Waals surface area contributed by atoms with Crippen LogP contribution < -0.4 is 5.32 Å². The molecular weight excluding hydrogens is 357 g/mol. The molecule has 2 N–H and O–H groups in total. The molecule has 4 nitrogen and oxygen atoms in total. The van der Waals surface area contributed by atoms with Crippen molar-refractivity contribution in [3.05, 3.63) is 70.7 Å². The average molecular weight is 367 g/mol. The molecule has 3 rings (SSSR count). The van der Waals surface area contributed by atoms with Crippen LogP contribution in [0.15, 0.2) is 30.3 Å². The third kappa shape index (κ3) is 3.03. The molecule has 0 aliphatic heterocycles. The summed E-state index contributed by atoms with van der Waals surface area (Å²) >= 11 is 0. The standard InChI is InChI=1S/C17H10F5N3O/c1-7-2-4-8(5-3-7)9-6-10(25-24-9)17(26)23-16-14(21)12(19)11(18)13(20)15(16)22/h2-6H,1H3,(H,23,26)(H,24,25). The van der Waals surface area contributed by atoms with Crippen LogP contribution in [0.5, 0.6) is 0 Å². The average Bonchev–Trinajstić information content (AvgIpc) is 3.12. The molecule has 3 aromatic rings. The molecule has 1 aromatic heterocycles. The Kier molecular flexibility index (Phi) is 4.45. The highest BCUT2D eigenvalue weighted by atomic mass is 19.2. The van der Waals surface area contributed by atoms with Crippen molar-refractivity contribution in [1.29, 1.82) is 0 Å². The summed E-state index contributed by atoms with van der Waals surface area (Å²) < 4.78 is 66.6. The normalized spacial score (nSPS) is 10.8. The number of aromatic amines is 1. The summed E-state index contributed by atoms with van der Waals surface area (Å²) in [7, 11) is 0. The van der Waals surface area contributed by atoms with Gasteiger partial charge in [-0.15, -0.1) is 0 Å². The third-order valence-corrected chi connectivity index (χ3v) is 3.62. The number of rotatable bonds is 3. The monoisotopic (exact) mass is 367 g/mol. The van der Waals surface area contributed by atoms with Crippen molar-refractivity contribution in [3.8, 4) is 11.3 Å². The smallest absolute Gasteiger partial charge is 0.273 e. The quantitative estimate of drug-likeness (QED) is 0.411. The molecule has 0 aliphatic rings. The number of hydrogen-bond donors (Lipinski definition) is 2. The molecule has 0 spiro atoms. The van der Waals surface area contributed by atoms with Crippen LogP contribution in [0.1, 0.15) is 16.1 Å². The Balaban J connectivity index is 1.89. The third-order valence-electron chi connectivity index (χ3n) is 3.62. The van der Waals surface area contributed by atoms with E-state index < -0.39 is 40.7 Å². The highest BCUT2D eigenvalue weighted by Crippen LogP contribution is 2.27. The summed E-state index contributed by atoms with van der Waals surface area (Å²) in [6.07, 6.45) is 0. The molecule has 0 saturated carbocycles. The van der Waals surface area contributed by atoms with Crippen molar-refractivity contribution < 1.29 is 26.7 Å². The van der Waals surface area contributed by atoms with E-state index in [9.17, 15) is 26.7 Å². The van der Waals surface area contributed by atoms with Gasteiger partial charge < -0.3 is 5.32 Å². The molecule has 0 bridgehead atoms. The second kappa shape index (κ2) is 6.58. The molecule has 9 heteroatoms. The minimum Gasteiger partial charge on any atom is -0.316 e. The number of anilines is 1. The van der Waals surface area contributed by atoms with Gasteiger partial charge in [0.25, 0.3) is 5.91 Å². The molecule has 26 heavy (non-hydrogen) atoms. The Labute approximate surface area is 143 Å². The molecule has 134 valence electrons. The molecular formula is C17H10F5N3O. The fourth-order valence-electron chi connectivity index (χ4n) is 2.21. The molecule has 0 saturated heterocycles. The first kappa shape index (κ1) is 17.6. The minimum atomic E-state index is -2.30. The lowest BCUT2D eigenvalue weighted by atomic mass is 10.1. The number of nitrogens with one attached hydrogen (secondary N) is 2. The number of nitrogens with zero attached hydrogens (tertiary/aromatic N) is 1. The first-order valence-electron chi connectivity index (χ1n) is 7.24. The van der Waals surface area contributed by atoms with Gasteiger partial charge in [0.05, 0.1) is 5.69 Å². The van der Waals surface area contributed by atoms with Crippen LogP contribution in [0.2, 0.25) is 0 Å². The first-order valence-corrected chi connectivity index (χ1v) is 7.24. The van der Waals surface area contributed by atoms with Gasteiger partial charge in [-0.25, -0.2) is 22.0 Å². The maximum absolute atomic E-state index is 13.6. The lowest BCUT2D eigenvalue weighted by Gasteiger charge is -2.08. The zero-order valence-corrected chi connectivity index (χ0v) is 13.1. The fourth-order valence-corrected chi connectivity index (χ4v) is 2.21. The summed E-state index contributed by atoms with van der Waals surface area (Å²) in [5.74, 6) is -12.0. The number of halogens is 5. The number of benzene rings is 2. The van der Waals surface area contributed by atoms with Crippen LogP contribution in [-0.2, 0) is 0 Å². The van der Waals surface area contributed by atoms with Crippen molar-refractivity contribution >= 4 is 11.6 Å². The maximum Gasteiger partial charge on any atom is 0.273 e. The maximum atomic E-state index is 13.6. The Morgan fingerprint density at radius 2 is 1.46 bits per heavy atom. The van der Waals surface area contributed by atoms with E-state index in [2.05, 4.69) is 10.2 Å². The fraction of sp³-hybridized carbons (Fsp3) is 0.0588. The molecule has 0 atom stereocenters. The van der Waals surface area contributed by atoms with Gasteiger partial charge in [-0.05, 0) is 13.0 Å². The van der Waals surface area contributed by atoms with Gasteiger partial charge in [0, 0.05) is 5.56 Å². The van der Waals surface area contributed by atoms with Gasteiger partial charge in [-0.3, -0.25) is 9.89 Å². The topological polar surface area (TPSA) is 57.8 Å². The number of aryl methyl sites for hydroxylation is 1. The van der Waals surface area contributed by atoms with E-state index in [1.807, 2.05) is 19.1 Å². The summed E-state index contributed by atoms with van der Waals surface area (Å²) in [6, 6.07) is 8.41. The Morgan fingerprint density at radius 1 is 0.923 bits per heavy atom. The SMILES string of the molecule is Cc1ccc(-c2cc(C(=O)Nc3c(F)c(F)c(F)c(F)c3F)[nH]n2)cc1. The van der Waals surface area contributed by atoms with E-state index in [0.29, 0.717) is 11.3 Å². The molecule has 1 heterocycles. The number of hydrogen-bond acceptors (Lipinski definition) is 2. The van der Waals surface area contributed by atoms with Crippen LogP contribution in [-0.4, -0.2) is 16.1 Å². The van der Waals surface area contributed by atoms with Gasteiger partial charge in [-0.2, -0.15) is 5.10 Å². The van der Waals surface area contributed by atoms with Crippen molar-refractivity contribution in [2.75, 3.05) is 5.32 Å². The van der Waals surface area contributed by atoms with Gasteiger partial charge in [-0.1, -0.05) is 29.8 Å². The summed E-state index contributed by atoms with van der Waals surface area (Å²) in [5, 5.41) is 7.91. The number of aromatic nitrogens is 2. The highest BCUT2D eigenvalue weighted by Gasteiger charge is 2.27. The van der Waals surface area contributed by atoms with E-state index in [1.165, 1.54) is 6.07 Å². The predicted octanol–water partition coefficient (Wildman–Crippen LogP) is 4.33. The van der Waals surface area contributed by atoms with Crippen LogP contribution in [0.3, 0.4) is 0 Å². The van der Waals surface area contributed by atoms with Crippen LogP contribution in [0, 0.1) is 36.0 Å². The largest absolute Gasteiger partial charge is 0.316 e. The zero-order chi connectivity index (χ0) is 19.0. The Hall–Kier alpha value is -3.23. The number of carbonyl (C=O) groups excluding carboxylic acids is 1. The van der Waals surface area contributed by atoms with Gasteiger partial charge in [0.2, 0.25) is 5.82 Å². The van der Waals surface area contributed by atoms with Crippen molar-refractivity contribution in [2.45, 2.75) is 6.92 Å². The molecule has 2 aromatic carbocycles. The Morgan fingerprint density at radius 3 is 2.04 bits per heavy atom. The van der Waals surface area contributed by atoms with Gasteiger partial charge in [0.1, 0.15) is 11.4 Å². The van der Waals surface area contributed by atoms with Gasteiger partial charge >= 0.3 is 0 Å². The second-order valence-electron chi connectivity index (χ2n) is 5.43. The van der Waals surface area contributed by atoms with Crippen LogP contribution >= 0.6 is 0 Å². The molecule has 0 fully saturated rings. The van der Waals surface area contributed by atoms with Crippen molar-refractivity contribution in [2.24, 2.45) is 0 Å². The minimum absolute atomic E-state index is 0.218. The highest BCUT2D eigenvalue weighted by molar-refractivity contribution is 6.03. The van der Waals surface area contributed by atoms with E-state index in [1.54, 1.807) is 17.4 Å². The van der Waals surface area contributed by atoms with E-state index in [0.717, 1.165) is 5.56 Å². The summed E-state index contributed by atoms with van der Waals surface area (Å²) in [5.41, 5.74) is 0.394. The molecule has 1 amide bonds. The van der Waals surface area contributed by atoms with E-state index in [4.69, 9.17) is 0 Å². The van der Waals surface area contributed by atoms with Crippen molar-refractivity contribution in [3.63, 3.8) is 0 Å². The molecule has 0 unspecified atom stereocenters. The van der Waals surface area contributed by atoms with E-state index in [-0.39, 0.29) is 5.69 Å². The number of H-pyrrole nitrogens is 1. The molecule has 0 radical (unpaired) electrons. The number of carbonyl (C=O) groups is 1. The van der Waals surface area contributed by atoms with Gasteiger partial charge in [0.15, 0.2) is 23.3 Å². The lowest BCUT2D eigenvalue weighted by Crippen LogP contribution is -2.17. The van der Waals surface area contributed by atoms with E-state index >= 15 is 0 Å².